The predicted octanol–water partition coefficient (Wildman–Crippen LogP) is 6.26. The van der Waals surface area contributed by atoms with Gasteiger partial charge in [-0.25, -0.2) is 9.79 Å². The van der Waals surface area contributed by atoms with Crippen molar-refractivity contribution in [3.63, 3.8) is 0 Å². The van der Waals surface area contributed by atoms with E-state index in [2.05, 4.69) is 22.3 Å². The summed E-state index contributed by atoms with van der Waals surface area (Å²) in [6, 6.07) is 15.0. The molecule has 7 heteroatoms. The van der Waals surface area contributed by atoms with Crippen LogP contribution in [0.4, 0.5) is 16.4 Å². The molecule has 2 aromatic carbocycles. The van der Waals surface area contributed by atoms with Crippen LogP contribution in [0.3, 0.4) is 0 Å². The zero-order valence-electron chi connectivity index (χ0n) is 20.5. The van der Waals surface area contributed by atoms with E-state index in [-0.39, 0.29) is 11.9 Å². The van der Waals surface area contributed by atoms with E-state index in [1.807, 2.05) is 32.4 Å². The van der Waals surface area contributed by atoms with Crippen LogP contribution in [0.5, 0.6) is 0 Å². The quantitative estimate of drug-likeness (QED) is 0.241. The third-order valence-electron chi connectivity index (χ3n) is 6.02. The van der Waals surface area contributed by atoms with Crippen molar-refractivity contribution in [1.82, 2.24) is 0 Å². The SMILES string of the molecule is CCOC(=O)c1ccc(NC(=O)c2c(/N=C/c3ccc(N(C)C)cc3)sc3c2CCCCC3)cc1. The molecule has 182 valence electrons. The number of carbonyl (C=O) groups is 2. The number of nitrogens with zero attached hydrogens (tertiary/aromatic N) is 2. The topological polar surface area (TPSA) is 71.0 Å². The summed E-state index contributed by atoms with van der Waals surface area (Å²) in [7, 11) is 4.02. The smallest absolute Gasteiger partial charge is 0.338 e. The Morgan fingerprint density at radius 1 is 1.03 bits per heavy atom. The highest BCUT2D eigenvalue weighted by Gasteiger charge is 2.24. The molecule has 0 saturated carbocycles. The maximum Gasteiger partial charge on any atom is 0.338 e. The largest absolute Gasteiger partial charge is 0.462 e. The minimum Gasteiger partial charge on any atom is -0.462 e. The van der Waals surface area contributed by atoms with Crippen LogP contribution < -0.4 is 10.2 Å². The van der Waals surface area contributed by atoms with Crippen LogP contribution in [0.25, 0.3) is 0 Å². The van der Waals surface area contributed by atoms with Crippen molar-refractivity contribution in [2.75, 3.05) is 30.9 Å². The molecular weight excluding hydrogens is 458 g/mol. The number of carbonyl (C=O) groups excluding carboxylic acids is 2. The van der Waals surface area contributed by atoms with Crippen molar-refractivity contribution in [2.24, 2.45) is 4.99 Å². The Bertz CT molecular complexity index is 1210. The third-order valence-corrected chi connectivity index (χ3v) is 7.22. The molecule has 0 spiro atoms. The van der Waals surface area contributed by atoms with Gasteiger partial charge in [0, 0.05) is 36.6 Å². The standard InChI is InChI=1S/C28H31N3O3S/c1-4-34-28(33)20-12-14-21(15-13-20)30-26(32)25-23-8-6-5-7-9-24(23)35-27(25)29-18-19-10-16-22(17-11-19)31(2)3/h10-18H,4-9H2,1-3H3,(H,30,32)/b29-18+. The number of aryl methyl sites for hydroxylation is 1. The van der Waals surface area contributed by atoms with Crippen molar-refractivity contribution in [2.45, 2.75) is 39.0 Å². The summed E-state index contributed by atoms with van der Waals surface area (Å²) in [5.41, 5.74) is 5.00. The molecule has 1 aliphatic rings. The monoisotopic (exact) mass is 489 g/mol. The van der Waals surface area contributed by atoms with Crippen molar-refractivity contribution in [3.8, 4) is 0 Å². The second-order valence-corrected chi connectivity index (χ2v) is 9.82. The molecular formula is C28H31N3O3S. The van der Waals surface area contributed by atoms with Gasteiger partial charge in [-0.3, -0.25) is 4.79 Å². The average molecular weight is 490 g/mol. The van der Waals surface area contributed by atoms with Crippen LogP contribution in [0, 0.1) is 0 Å². The van der Waals surface area contributed by atoms with Crippen molar-refractivity contribution >= 4 is 45.8 Å². The molecule has 0 unspecified atom stereocenters. The number of hydrogen-bond donors (Lipinski definition) is 1. The first-order chi connectivity index (χ1) is 17.0. The van der Waals surface area contributed by atoms with Gasteiger partial charge in [-0.05, 0) is 80.1 Å². The number of aliphatic imine (C=N–C) groups is 1. The zero-order valence-corrected chi connectivity index (χ0v) is 21.3. The highest BCUT2D eigenvalue weighted by Crippen LogP contribution is 2.39. The highest BCUT2D eigenvalue weighted by atomic mass is 32.1. The summed E-state index contributed by atoms with van der Waals surface area (Å²) in [6.07, 6.45) is 7.10. The number of rotatable bonds is 7. The Hall–Kier alpha value is -3.45. The molecule has 1 heterocycles. The lowest BCUT2D eigenvalue weighted by molar-refractivity contribution is 0.0526. The lowest BCUT2D eigenvalue weighted by Crippen LogP contribution is -2.14. The zero-order chi connectivity index (χ0) is 24.8. The summed E-state index contributed by atoms with van der Waals surface area (Å²) in [5, 5.41) is 3.75. The van der Waals surface area contributed by atoms with Crippen LogP contribution in [0.2, 0.25) is 0 Å². The van der Waals surface area contributed by atoms with Crippen LogP contribution in [0.15, 0.2) is 53.5 Å². The van der Waals surface area contributed by atoms with Crippen molar-refractivity contribution in [3.05, 3.63) is 75.7 Å². The molecule has 6 nitrogen and oxygen atoms in total. The molecule has 0 saturated heterocycles. The van der Waals surface area contributed by atoms with E-state index in [0.29, 0.717) is 23.4 Å². The van der Waals surface area contributed by atoms with E-state index in [1.54, 1.807) is 42.5 Å². The van der Waals surface area contributed by atoms with E-state index >= 15 is 0 Å². The van der Waals surface area contributed by atoms with Gasteiger partial charge >= 0.3 is 5.97 Å². The minimum absolute atomic E-state index is 0.164. The fourth-order valence-electron chi connectivity index (χ4n) is 4.14. The Morgan fingerprint density at radius 2 is 1.74 bits per heavy atom. The number of benzene rings is 2. The first-order valence-electron chi connectivity index (χ1n) is 12.0. The first-order valence-corrected chi connectivity index (χ1v) is 12.8. The van der Waals surface area contributed by atoms with Gasteiger partial charge in [-0.1, -0.05) is 18.6 Å². The Balaban J connectivity index is 1.59. The van der Waals surface area contributed by atoms with E-state index < -0.39 is 0 Å². The van der Waals surface area contributed by atoms with Crippen molar-refractivity contribution < 1.29 is 14.3 Å². The van der Waals surface area contributed by atoms with E-state index in [4.69, 9.17) is 9.73 Å². The van der Waals surface area contributed by atoms with Crippen LogP contribution >= 0.6 is 11.3 Å². The molecule has 4 rings (SSSR count). The number of thiophene rings is 1. The summed E-state index contributed by atoms with van der Waals surface area (Å²) in [4.78, 5) is 33.5. The van der Waals surface area contributed by atoms with E-state index in [9.17, 15) is 9.59 Å². The number of ether oxygens (including phenoxy) is 1. The molecule has 0 aliphatic heterocycles. The maximum absolute atomic E-state index is 13.5. The van der Waals surface area contributed by atoms with Crippen LogP contribution in [-0.4, -0.2) is 38.8 Å². The third kappa shape index (κ3) is 5.98. The van der Waals surface area contributed by atoms with Gasteiger partial charge in [-0.2, -0.15) is 0 Å². The molecule has 0 fully saturated rings. The van der Waals surface area contributed by atoms with E-state index in [0.717, 1.165) is 47.5 Å². The molecule has 1 aliphatic carbocycles. The first kappa shape index (κ1) is 24.7. The molecule has 1 amide bonds. The van der Waals surface area contributed by atoms with Gasteiger partial charge in [0.1, 0.15) is 5.00 Å². The Labute approximate surface area is 210 Å². The lowest BCUT2D eigenvalue weighted by atomic mass is 10.0. The number of fused-ring (bicyclic) bond motifs is 1. The fraction of sp³-hybridized carbons (Fsp3) is 0.321. The molecule has 0 bridgehead atoms. The number of amides is 1. The van der Waals surface area contributed by atoms with Gasteiger partial charge < -0.3 is 15.0 Å². The normalized spacial score (nSPS) is 13.2. The summed E-state index contributed by atoms with van der Waals surface area (Å²) >= 11 is 1.63. The van der Waals surface area contributed by atoms with Gasteiger partial charge in [0.05, 0.1) is 17.7 Å². The van der Waals surface area contributed by atoms with Crippen LogP contribution in [-0.2, 0) is 17.6 Å². The second kappa shape index (κ2) is 11.3. The highest BCUT2D eigenvalue weighted by molar-refractivity contribution is 7.16. The molecule has 3 aromatic rings. The average Bonchev–Trinajstić information content (AvgIpc) is 3.04. The number of esters is 1. The molecule has 35 heavy (non-hydrogen) atoms. The fourth-order valence-corrected chi connectivity index (χ4v) is 5.37. The number of anilines is 2. The van der Waals surface area contributed by atoms with Gasteiger partial charge in [0.2, 0.25) is 0 Å². The molecule has 1 N–H and O–H groups in total. The maximum atomic E-state index is 13.5. The Morgan fingerprint density at radius 3 is 2.43 bits per heavy atom. The number of hydrogen-bond acceptors (Lipinski definition) is 6. The van der Waals surface area contributed by atoms with E-state index in [1.165, 1.54) is 11.3 Å². The number of nitrogens with one attached hydrogen (secondary N) is 1. The van der Waals surface area contributed by atoms with Gasteiger partial charge in [0.15, 0.2) is 0 Å². The molecule has 1 aromatic heterocycles. The molecule has 0 radical (unpaired) electrons. The van der Waals surface area contributed by atoms with Gasteiger partial charge in [-0.15, -0.1) is 11.3 Å². The Kier molecular flexibility index (Phi) is 7.98. The minimum atomic E-state index is -0.372. The van der Waals surface area contributed by atoms with Crippen LogP contribution in [0.1, 0.15) is 62.9 Å². The summed E-state index contributed by atoms with van der Waals surface area (Å²) in [5.74, 6) is -0.535. The molecule has 0 atom stereocenters. The summed E-state index contributed by atoms with van der Waals surface area (Å²) < 4.78 is 5.04. The van der Waals surface area contributed by atoms with Crippen molar-refractivity contribution in [1.29, 1.82) is 0 Å². The second-order valence-electron chi connectivity index (χ2n) is 8.74. The lowest BCUT2D eigenvalue weighted by Gasteiger charge is -2.11. The predicted molar refractivity (Wildman–Crippen MR) is 144 cm³/mol. The van der Waals surface area contributed by atoms with Gasteiger partial charge in [0.25, 0.3) is 5.91 Å². The summed E-state index contributed by atoms with van der Waals surface area (Å²) in [6.45, 7) is 2.10.